The van der Waals surface area contributed by atoms with Gasteiger partial charge in [0.05, 0.1) is 12.0 Å². The minimum Gasteiger partial charge on any atom is -0.349 e. The minimum absolute atomic E-state index is 0.0860. The molecule has 1 aliphatic carbocycles. The van der Waals surface area contributed by atoms with Crippen LogP contribution in [0.15, 0.2) is 134 Å². The molecule has 5 aromatic rings. The van der Waals surface area contributed by atoms with Crippen LogP contribution in [-0.2, 0) is 32.9 Å². The van der Waals surface area contributed by atoms with E-state index in [2.05, 4.69) is 46.3 Å². The van der Waals surface area contributed by atoms with Gasteiger partial charge in [-0.3, -0.25) is 14.4 Å². The second-order valence-corrected chi connectivity index (χ2v) is 11.6. The molecule has 0 aliphatic heterocycles. The first kappa shape index (κ1) is 29.8. The standard InChI is InChI=1S/C38H36N4O3/c43-28-41(25-30-13-5-1-6-14-30)35(36(44)37(45)39-24-29-21-22-29)23-34-26-42(27-40-34)38(31-15-7-2-8-16-31,32-17-9-3-10-18-32)33-19-11-4-12-20-33/h1-20,26-29,35H,21-25H2,(H,39,45)/t35-/m0/s1. The van der Waals surface area contributed by atoms with Crippen LogP contribution in [0.1, 0.15) is 40.8 Å². The fraction of sp³-hybridized carbons (Fsp3) is 0.211. The Morgan fingerprint density at radius 2 is 1.33 bits per heavy atom. The van der Waals surface area contributed by atoms with Crippen LogP contribution in [0, 0.1) is 5.92 Å². The lowest BCUT2D eigenvalue weighted by molar-refractivity contribution is -0.143. The average molecular weight is 597 g/mol. The molecule has 1 aliphatic rings. The summed E-state index contributed by atoms with van der Waals surface area (Å²) in [7, 11) is 0. The van der Waals surface area contributed by atoms with E-state index in [0.29, 0.717) is 24.6 Å². The molecule has 1 saturated carbocycles. The lowest BCUT2D eigenvalue weighted by Gasteiger charge is -2.37. The quantitative estimate of drug-likeness (QED) is 0.106. The van der Waals surface area contributed by atoms with Crippen molar-refractivity contribution in [3.63, 3.8) is 0 Å². The minimum atomic E-state index is -1.02. The summed E-state index contributed by atoms with van der Waals surface area (Å²) in [5.74, 6) is -0.892. The van der Waals surface area contributed by atoms with E-state index in [4.69, 9.17) is 4.98 Å². The highest BCUT2D eigenvalue weighted by atomic mass is 16.2. The van der Waals surface area contributed by atoms with Gasteiger partial charge in [-0.15, -0.1) is 0 Å². The number of benzene rings is 4. The first-order valence-electron chi connectivity index (χ1n) is 15.4. The molecule has 4 aromatic carbocycles. The van der Waals surface area contributed by atoms with Crippen LogP contribution in [0.2, 0.25) is 0 Å². The molecule has 0 bridgehead atoms. The predicted octanol–water partition coefficient (Wildman–Crippen LogP) is 5.39. The van der Waals surface area contributed by atoms with Gasteiger partial charge in [-0.25, -0.2) is 4.98 Å². The number of ketones is 1. The summed E-state index contributed by atoms with van der Waals surface area (Å²) in [6, 6.07) is 39.2. The molecule has 0 unspecified atom stereocenters. The maximum Gasteiger partial charge on any atom is 0.289 e. The summed E-state index contributed by atoms with van der Waals surface area (Å²) in [4.78, 5) is 45.4. The van der Waals surface area contributed by atoms with E-state index in [-0.39, 0.29) is 13.0 Å². The molecule has 0 saturated heterocycles. The number of nitrogens with zero attached hydrogens (tertiary/aromatic N) is 3. The van der Waals surface area contributed by atoms with Crippen LogP contribution >= 0.6 is 0 Å². The zero-order chi connectivity index (χ0) is 31.1. The number of carbonyl (C=O) groups is 3. The lowest BCUT2D eigenvalue weighted by Crippen LogP contribution is -2.48. The zero-order valence-corrected chi connectivity index (χ0v) is 25.0. The van der Waals surface area contributed by atoms with Gasteiger partial charge in [0.2, 0.25) is 12.2 Å². The number of carbonyl (C=O) groups excluding carboxylic acids is 3. The van der Waals surface area contributed by atoms with Crippen molar-refractivity contribution >= 4 is 18.1 Å². The van der Waals surface area contributed by atoms with Crippen molar-refractivity contribution in [2.75, 3.05) is 6.54 Å². The predicted molar refractivity (Wildman–Crippen MR) is 173 cm³/mol. The molecular weight excluding hydrogens is 560 g/mol. The SMILES string of the molecule is O=CN(Cc1ccccc1)[C@@H](Cc1cn(C(c2ccccc2)(c2ccccc2)c2ccccc2)cn1)C(=O)C(=O)NCC1CC1. The monoisotopic (exact) mass is 596 g/mol. The Kier molecular flexibility index (Phi) is 8.96. The average Bonchev–Trinajstić information content (AvgIpc) is 3.82. The smallest absolute Gasteiger partial charge is 0.289 e. The molecule has 6 rings (SSSR count). The van der Waals surface area contributed by atoms with Crippen LogP contribution in [0.4, 0.5) is 0 Å². The second-order valence-electron chi connectivity index (χ2n) is 11.6. The van der Waals surface area contributed by atoms with Gasteiger partial charge in [-0.1, -0.05) is 121 Å². The molecule has 1 N–H and O–H groups in total. The van der Waals surface area contributed by atoms with Gasteiger partial charge in [0.1, 0.15) is 11.6 Å². The maximum atomic E-state index is 13.7. The van der Waals surface area contributed by atoms with Gasteiger partial charge >= 0.3 is 0 Å². The van der Waals surface area contributed by atoms with Crippen LogP contribution in [0.25, 0.3) is 0 Å². The van der Waals surface area contributed by atoms with Gasteiger partial charge in [0, 0.05) is 25.7 Å². The van der Waals surface area contributed by atoms with Crippen molar-refractivity contribution in [1.29, 1.82) is 0 Å². The fourth-order valence-corrected chi connectivity index (χ4v) is 6.01. The van der Waals surface area contributed by atoms with Crippen molar-refractivity contribution in [1.82, 2.24) is 19.8 Å². The van der Waals surface area contributed by atoms with E-state index in [1.807, 2.05) is 91.1 Å². The highest BCUT2D eigenvalue weighted by molar-refractivity contribution is 6.38. The van der Waals surface area contributed by atoms with Crippen molar-refractivity contribution in [3.05, 3.63) is 162 Å². The van der Waals surface area contributed by atoms with Crippen LogP contribution < -0.4 is 5.32 Å². The van der Waals surface area contributed by atoms with Gasteiger partial charge in [-0.05, 0) is 41.0 Å². The van der Waals surface area contributed by atoms with E-state index in [1.165, 1.54) is 4.90 Å². The molecule has 7 nitrogen and oxygen atoms in total. The summed E-state index contributed by atoms with van der Waals surface area (Å²) in [6.45, 7) is 0.665. The molecule has 0 spiro atoms. The second kappa shape index (κ2) is 13.6. The van der Waals surface area contributed by atoms with Crippen molar-refractivity contribution < 1.29 is 14.4 Å². The molecule has 45 heavy (non-hydrogen) atoms. The topological polar surface area (TPSA) is 84.3 Å². The first-order chi connectivity index (χ1) is 22.1. The molecule has 2 amide bonds. The number of hydrogen-bond acceptors (Lipinski definition) is 4. The Balaban J connectivity index is 1.40. The van der Waals surface area contributed by atoms with Crippen molar-refractivity contribution in [2.45, 2.75) is 37.4 Å². The highest BCUT2D eigenvalue weighted by Gasteiger charge is 2.39. The van der Waals surface area contributed by atoms with Crippen molar-refractivity contribution in [3.8, 4) is 0 Å². The third kappa shape index (κ3) is 6.48. The summed E-state index contributed by atoms with van der Waals surface area (Å²) >= 11 is 0. The zero-order valence-electron chi connectivity index (χ0n) is 25.0. The highest BCUT2D eigenvalue weighted by Crippen LogP contribution is 2.40. The Hall–Kier alpha value is -5.30. The number of amides is 2. The molecule has 1 fully saturated rings. The third-order valence-corrected chi connectivity index (χ3v) is 8.52. The number of nitrogens with one attached hydrogen (secondary N) is 1. The van der Waals surface area contributed by atoms with E-state index in [1.54, 1.807) is 6.33 Å². The van der Waals surface area contributed by atoms with E-state index >= 15 is 0 Å². The molecule has 1 heterocycles. The summed E-state index contributed by atoms with van der Waals surface area (Å²) in [6.07, 6.45) is 6.55. The summed E-state index contributed by atoms with van der Waals surface area (Å²) in [5.41, 5.74) is 3.80. The lowest BCUT2D eigenvalue weighted by atomic mass is 9.77. The molecule has 7 heteroatoms. The normalized spacial score (nSPS) is 13.5. The van der Waals surface area contributed by atoms with Crippen LogP contribution in [0.5, 0.6) is 0 Å². The fourth-order valence-electron chi connectivity index (χ4n) is 6.01. The first-order valence-corrected chi connectivity index (χ1v) is 15.4. The van der Waals surface area contributed by atoms with Gasteiger partial charge in [0.15, 0.2) is 0 Å². The maximum absolute atomic E-state index is 13.7. The Labute approximate surface area is 263 Å². The molecule has 226 valence electrons. The van der Waals surface area contributed by atoms with Gasteiger partial charge < -0.3 is 14.8 Å². The van der Waals surface area contributed by atoms with E-state index < -0.39 is 23.3 Å². The van der Waals surface area contributed by atoms with Crippen LogP contribution in [-0.4, -0.2) is 45.1 Å². The van der Waals surface area contributed by atoms with Gasteiger partial charge in [-0.2, -0.15) is 0 Å². The van der Waals surface area contributed by atoms with Gasteiger partial charge in [0.25, 0.3) is 5.91 Å². The molecule has 1 aromatic heterocycles. The molecule has 1 atom stereocenters. The third-order valence-electron chi connectivity index (χ3n) is 8.52. The number of aromatic nitrogens is 2. The largest absolute Gasteiger partial charge is 0.349 e. The number of rotatable bonds is 14. The van der Waals surface area contributed by atoms with Crippen LogP contribution in [0.3, 0.4) is 0 Å². The Bertz CT molecular complexity index is 1620. The number of imidazole rings is 1. The number of hydrogen-bond donors (Lipinski definition) is 1. The van der Waals surface area contributed by atoms with E-state index in [0.717, 1.165) is 35.1 Å². The summed E-state index contributed by atoms with van der Waals surface area (Å²) in [5, 5.41) is 2.79. The van der Waals surface area contributed by atoms with Crippen molar-refractivity contribution in [2.24, 2.45) is 5.92 Å². The number of Topliss-reactive ketones (excluding diaryl/α,β-unsaturated/α-hetero) is 1. The Morgan fingerprint density at radius 1 is 0.822 bits per heavy atom. The molecule has 0 radical (unpaired) electrons. The Morgan fingerprint density at radius 3 is 1.82 bits per heavy atom. The van der Waals surface area contributed by atoms with E-state index in [9.17, 15) is 14.4 Å². The molecular formula is C38H36N4O3. The summed E-state index contributed by atoms with van der Waals surface area (Å²) < 4.78 is 2.07.